The van der Waals surface area contributed by atoms with Crippen molar-refractivity contribution in [2.75, 3.05) is 0 Å². The first-order chi connectivity index (χ1) is 19.5. The standard InChI is InChI=1S/C34H20F2O4/c35-33-29(25-9-1-21(17-37)2-10-25)30(26-11-3-22(18-38)4-12-26)34(36)32(28-15-7-24(20-40)8-16-28)31(33)27-13-5-23(19-39)6-14-27/h1-20H. The molecule has 5 aromatic carbocycles. The summed E-state index contributed by atoms with van der Waals surface area (Å²) < 4.78 is 33.9. The Morgan fingerprint density at radius 1 is 0.325 bits per heavy atom. The predicted molar refractivity (Wildman–Crippen MR) is 150 cm³/mol. The Balaban J connectivity index is 1.92. The van der Waals surface area contributed by atoms with Gasteiger partial charge in [-0.25, -0.2) is 8.78 Å². The number of rotatable bonds is 8. The fourth-order valence-corrected chi connectivity index (χ4v) is 4.69. The predicted octanol–water partition coefficient (Wildman–Crippen LogP) is 7.88. The minimum atomic E-state index is -0.719. The molecule has 0 aliphatic rings. The molecule has 40 heavy (non-hydrogen) atoms. The van der Waals surface area contributed by atoms with Crippen LogP contribution in [-0.2, 0) is 0 Å². The van der Waals surface area contributed by atoms with Gasteiger partial charge in [-0.1, -0.05) is 97.1 Å². The second kappa shape index (κ2) is 11.2. The molecule has 0 unspecified atom stereocenters. The maximum atomic E-state index is 17.0. The van der Waals surface area contributed by atoms with Gasteiger partial charge in [-0.2, -0.15) is 0 Å². The number of hydrogen-bond donors (Lipinski definition) is 0. The van der Waals surface area contributed by atoms with Gasteiger partial charge in [0.15, 0.2) is 0 Å². The molecule has 0 N–H and O–H groups in total. The van der Waals surface area contributed by atoms with Gasteiger partial charge in [-0.3, -0.25) is 19.2 Å². The molecule has 5 rings (SSSR count). The highest BCUT2D eigenvalue weighted by Crippen LogP contribution is 2.47. The van der Waals surface area contributed by atoms with E-state index in [1.54, 1.807) is 48.5 Å². The summed E-state index contributed by atoms with van der Waals surface area (Å²) in [6.07, 6.45) is 2.63. The van der Waals surface area contributed by atoms with Crippen molar-refractivity contribution in [3.05, 3.63) is 131 Å². The Labute approximate surface area is 228 Å². The zero-order valence-electron chi connectivity index (χ0n) is 20.9. The molecule has 0 saturated carbocycles. The van der Waals surface area contributed by atoms with Crippen molar-refractivity contribution in [1.82, 2.24) is 0 Å². The number of benzene rings is 5. The number of hydrogen-bond acceptors (Lipinski definition) is 4. The molecule has 0 atom stereocenters. The zero-order chi connectivity index (χ0) is 28.2. The van der Waals surface area contributed by atoms with E-state index in [9.17, 15) is 19.2 Å². The average molecular weight is 531 g/mol. The molecule has 6 heteroatoms. The lowest BCUT2D eigenvalue weighted by Crippen LogP contribution is -2.03. The molecule has 0 aliphatic heterocycles. The monoisotopic (exact) mass is 530 g/mol. The van der Waals surface area contributed by atoms with Crippen LogP contribution in [0.5, 0.6) is 0 Å². The lowest BCUT2D eigenvalue weighted by atomic mass is 9.83. The third-order valence-electron chi connectivity index (χ3n) is 6.72. The summed E-state index contributed by atoms with van der Waals surface area (Å²) in [5.74, 6) is -1.44. The van der Waals surface area contributed by atoms with Crippen LogP contribution in [0.25, 0.3) is 44.5 Å². The topological polar surface area (TPSA) is 68.3 Å². The van der Waals surface area contributed by atoms with E-state index in [1.165, 1.54) is 48.5 Å². The highest BCUT2D eigenvalue weighted by molar-refractivity contribution is 5.97. The molecule has 0 radical (unpaired) electrons. The molecule has 0 saturated heterocycles. The van der Waals surface area contributed by atoms with Crippen LogP contribution in [0.4, 0.5) is 8.78 Å². The highest BCUT2D eigenvalue weighted by Gasteiger charge is 2.28. The van der Waals surface area contributed by atoms with E-state index in [0.29, 0.717) is 69.7 Å². The van der Waals surface area contributed by atoms with Gasteiger partial charge in [-0.15, -0.1) is 0 Å². The van der Waals surface area contributed by atoms with Gasteiger partial charge < -0.3 is 0 Å². The third-order valence-corrected chi connectivity index (χ3v) is 6.72. The van der Waals surface area contributed by atoms with Crippen LogP contribution in [0.2, 0.25) is 0 Å². The smallest absolute Gasteiger partial charge is 0.150 e. The van der Waals surface area contributed by atoms with E-state index in [4.69, 9.17) is 0 Å². The zero-order valence-corrected chi connectivity index (χ0v) is 20.9. The molecule has 0 fully saturated rings. The number of halogens is 2. The molecule has 0 heterocycles. The average Bonchev–Trinajstić information content (AvgIpc) is 3.02. The highest BCUT2D eigenvalue weighted by atomic mass is 19.1. The Kier molecular flexibility index (Phi) is 7.33. The molecule has 194 valence electrons. The Bertz CT molecular complexity index is 1480. The second-order valence-electron chi connectivity index (χ2n) is 9.09. The summed E-state index contributed by atoms with van der Waals surface area (Å²) >= 11 is 0. The number of carbonyl (C=O) groups excluding carboxylic acids is 4. The van der Waals surface area contributed by atoms with Crippen LogP contribution in [0.3, 0.4) is 0 Å². The summed E-state index contributed by atoms with van der Waals surface area (Å²) in [7, 11) is 0. The fraction of sp³-hybridized carbons (Fsp3) is 0. The van der Waals surface area contributed by atoms with Crippen LogP contribution in [0.15, 0.2) is 97.1 Å². The van der Waals surface area contributed by atoms with Gasteiger partial charge in [0.25, 0.3) is 0 Å². The fourth-order valence-electron chi connectivity index (χ4n) is 4.69. The normalized spacial score (nSPS) is 10.7. The molecule has 0 amide bonds. The van der Waals surface area contributed by atoms with Gasteiger partial charge >= 0.3 is 0 Å². The van der Waals surface area contributed by atoms with E-state index < -0.39 is 11.6 Å². The van der Waals surface area contributed by atoms with Gasteiger partial charge in [0.2, 0.25) is 0 Å². The van der Waals surface area contributed by atoms with Gasteiger partial charge in [0.1, 0.15) is 36.8 Å². The summed E-state index contributed by atoms with van der Waals surface area (Å²) in [5.41, 5.74) is 2.72. The lowest BCUT2D eigenvalue weighted by molar-refractivity contribution is 0.111. The van der Waals surface area contributed by atoms with Crippen molar-refractivity contribution in [2.24, 2.45) is 0 Å². The SMILES string of the molecule is O=Cc1ccc(-c2c(F)c(-c3ccc(C=O)cc3)c(-c3ccc(C=O)cc3)c(F)c2-c2ccc(C=O)cc2)cc1. The van der Waals surface area contributed by atoms with Crippen LogP contribution >= 0.6 is 0 Å². The van der Waals surface area contributed by atoms with Crippen molar-refractivity contribution in [1.29, 1.82) is 0 Å². The van der Waals surface area contributed by atoms with E-state index >= 15 is 8.78 Å². The van der Waals surface area contributed by atoms with Crippen molar-refractivity contribution < 1.29 is 28.0 Å². The molecule has 0 spiro atoms. The summed E-state index contributed by atoms with van der Waals surface area (Å²) in [4.78, 5) is 45.0. The summed E-state index contributed by atoms with van der Waals surface area (Å²) in [6.45, 7) is 0. The molecule has 0 bridgehead atoms. The van der Waals surface area contributed by atoms with E-state index in [1.807, 2.05) is 0 Å². The van der Waals surface area contributed by atoms with Crippen molar-refractivity contribution in [3.8, 4) is 44.5 Å². The van der Waals surface area contributed by atoms with Gasteiger partial charge in [-0.05, 0) is 22.3 Å². The van der Waals surface area contributed by atoms with Crippen molar-refractivity contribution in [3.63, 3.8) is 0 Å². The largest absolute Gasteiger partial charge is 0.298 e. The number of aldehydes is 4. The van der Waals surface area contributed by atoms with Crippen LogP contribution in [-0.4, -0.2) is 25.1 Å². The van der Waals surface area contributed by atoms with Crippen LogP contribution in [0, 0.1) is 11.6 Å². The Hall–Kier alpha value is -5.36. The van der Waals surface area contributed by atoms with Gasteiger partial charge in [0, 0.05) is 44.5 Å². The Morgan fingerprint density at radius 3 is 0.650 bits per heavy atom. The molecule has 5 aromatic rings. The lowest BCUT2D eigenvalue weighted by Gasteiger charge is -2.21. The van der Waals surface area contributed by atoms with E-state index in [-0.39, 0.29) is 22.3 Å². The first kappa shape index (κ1) is 26.3. The second-order valence-corrected chi connectivity index (χ2v) is 9.09. The molecular formula is C34H20F2O4. The quantitative estimate of drug-likeness (QED) is 0.191. The summed E-state index contributed by atoms with van der Waals surface area (Å²) in [5, 5.41) is 0. The molecule has 0 aliphatic carbocycles. The maximum absolute atomic E-state index is 17.0. The van der Waals surface area contributed by atoms with E-state index in [0.717, 1.165) is 0 Å². The molecule has 0 aromatic heterocycles. The molecular weight excluding hydrogens is 510 g/mol. The van der Waals surface area contributed by atoms with Crippen molar-refractivity contribution >= 4 is 25.1 Å². The third kappa shape index (κ3) is 4.78. The minimum Gasteiger partial charge on any atom is -0.298 e. The number of carbonyl (C=O) groups is 4. The maximum Gasteiger partial charge on any atom is 0.150 e. The first-order valence-electron chi connectivity index (χ1n) is 12.3. The Morgan fingerprint density at radius 2 is 0.500 bits per heavy atom. The van der Waals surface area contributed by atoms with Crippen molar-refractivity contribution in [2.45, 2.75) is 0 Å². The minimum absolute atomic E-state index is 0.0310. The molecule has 4 nitrogen and oxygen atoms in total. The van der Waals surface area contributed by atoms with Crippen LogP contribution < -0.4 is 0 Å². The summed E-state index contributed by atoms with van der Waals surface area (Å²) in [6, 6.07) is 24.5. The van der Waals surface area contributed by atoms with E-state index in [2.05, 4.69) is 0 Å². The van der Waals surface area contributed by atoms with Gasteiger partial charge in [0.05, 0.1) is 0 Å². The van der Waals surface area contributed by atoms with Crippen LogP contribution in [0.1, 0.15) is 41.4 Å². The first-order valence-corrected chi connectivity index (χ1v) is 12.3.